The van der Waals surface area contributed by atoms with Crippen molar-refractivity contribution in [3.8, 4) is 0 Å². The van der Waals surface area contributed by atoms with Gasteiger partial charge in [-0.3, -0.25) is 0 Å². The molecule has 38 heavy (non-hydrogen) atoms. The fourth-order valence-electron chi connectivity index (χ4n) is 4.28. The zero-order valence-corrected chi connectivity index (χ0v) is 22.1. The molecule has 4 rings (SSSR count). The summed E-state index contributed by atoms with van der Waals surface area (Å²) in [5.41, 5.74) is 3.47. The van der Waals surface area contributed by atoms with Crippen molar-refractivity contribution in [2.45, 2.75) is 43.8 Å². The molecular weight excluding hydrogens is 504 g/mol. The fraction of sp³-hybridized carbons (Fsp3) is 0.310. The molecule has 3 aromatic rings. The van der Waals surface area contributed by atoms with Crippen molar-refractivity contribution in [2.75, 3.05) is 17.6 Å². The van der Waals surface area contributed by atoms with Gasteiger partial charge in [0.2, 0.25) is 0 Å². The minimum atomic E-state index is -0.954. The number of rotatable bonds is 9. The van der Waals surface area contributed by atoms with E-state index in [1.165, 1.54) is 0 Å². The van der Waals surface area contributed by atoms with E-state index >= 15 is 0 Å². The van der Waals surface area contributed by atoms with Crippen LogP contribution in [0.5, 0.6) is 0 Å². The third-order valence-electron chi connectivity index (χ3n) is 6.39. The van der Waals surface area contributed by atoms with E-state index in [1.54, 1.807) is 36.0 Å². The van der Waals surface area contributed by atoms with Crippen molar-refractivity contribution in [3.63, 3.8) is 0 Å². The number of nitrogens with one attached hydrogen (secondary N) is 2. The van der Waals surface area contributed by atoms with Gasteiger partial charge in [-0.25, -0.2) is 9.59 Å². The summed E-state index contributed by atoms with van der Waals surface area (Å²) in [5.74, 6) is -0.311. The molecule has 0 unspecified atom stereocenters. The van der Waals surface area contributed by atoms with E-state index in [1.807, 2.05) is 55.5 Å². The van der Waals surface area contributed by atoms with Gasteiger partial charge in [-0.15, -0.1) is 11.8 Å². The topological polar surface area (TPSA) is 117 Å². The Labute approximate surface area is 226 Å². The molecule has 1 fully saturated rings. The smallest absolute Gasteiger partial charge is 0.335 e. The molecule has 1 heterocycles. The summed E-state index contributed by atoms with van der Waals surface area (Å²) in [6.07, 6.45) is -1.11. The number of aliphatic hydroxyl groups is 1. The maximum absolute atomic E-state index is 12.0. The van der Waals surface area contributed by atoms with Gasteiger partial charge in [-0.1, -0.05) is 43.3 Å². The molecule has 9 heteroatoms. The van der Waals surface area contributed by atoms with Crippen LogP contribution in [0, 0.1) is 5.92 Å². The van der Waals surface area contributed by atoms with Crippen molar-refractivity contribution < 1.29 is 29.3 Å². The van der Waals surface area contributed by atoms with E-state index in [0.29, 0.717) is 18.0 Å². The van der Waals surface area contributed by atoms with Crippen molar-refractivity contribution >= 4 is 29.4 Å². The Bertz CT molecular complexity index is 1230. The van der Waals surface area contributed by atoms with Gasteiger partial charge in [0, 0.05) is 34.4 Å². The van der Waals surface area contributed by atoms with Crippen LogP contribution >= 0.6 is 11.8 Å². The van der Waals surface area contributed by atoms with Gasteiger partial charge in [0.05, 0.1) is 24.4 Å². The average Bonchev–Trinajstić information content (AvgIpc) is 2.93. The number of carboxylic acid groups (broad SMARTS) is 1. The quantitative estimate of drug-likeness (QED) is 0.263. The lowest BCUT2D eigenvalue weighted by molar-refractivity contribution is -0.268. The van der Waals surface area contributed by atoms with Gasteiger partial charge in [-0.05, 0) is 54.4 Å². The number of hydrogen-bond acceptors (Lipinski definition) is 6. The predicted molar refractivity (Wildman–Crippen MR) is 146 cm³/mol. The van der Waals surface area contributed by atoms with Crippen LogP contribution in [-0.2, 0) is 16.1 Å². The summed E-state index contributed by atoms with van der Waals surface area (Å²) < 4.78 is 13.0. The molecule has 1 aliphatic heterocycles. The van der Waals surface area contributed by atoms with E-state index in [2.05, 4.69) is 17.6 Å². The Hall–Kier alpha value is -3.37. The number of aliphatic hydroxyl groups excluding tert-OH is 1. The van der Waals surface area contributed by atoms with Crippen molar-refractivity contribution in [2.24, 2.45) is 5.92 Å². The standard InChI is InChI=1S/C29H32N2O6S/c1-3-30-29(35)31-23-6-4-5-22(15-23)28-36-25(17-38-24-13-11-21(12-14-24)27(33)34)18(2)26(37-28)20-9-7-19(16-32)8-10-20/h4-15,18,25-26,28,32H,3,16-17H2,1-2H3,(H,33,34)(H2,30,31,35)/t18-,25+,26+,28+/m0/s1. The molecule has 0 radical (unpaired) electrons. The Balaban J connectivity index is 1.56. The van der Waals surface area contributed by atoms with E-state index in [4.69, 9.17) is 14.6 Å². The second-order valence-corrected chi connectivity index (χ2v) is 10.2. The molecular formula is C29H32N2O6S. The minimum absolute atomic E-state index is 0.00802. The van der Waals surface area contributed by atoms with E-state index in [-0.39, 0.29) is 36.3 Å². The van der Waals surface area contributed by atoms with Crippen LogP contribution < -0.4 is 10.6 Å². The van der Waals surface area contributed by atoms with Gasteiger partial charge in [0.1, 0.15) is 0 Å². The first-order valence-electron chi connectivity index (χ1n) is 12.5. The summed E-state index contributed by atoms with van der Waals surface area (Å²) in [6, 6.07) is 21.6. The highest BCUT2D eigenvalue weighted by molar-refractivity contribution is 7.99. The first-order chi connectivity index (χ1) is 18.4. The van der Waals surface area contributed by atoms with Crippen LogP contribution in [0.4, 0.5) is 10.5 Å². The zero-order chi connectivity index (χ0) is 27.1. The normalized spacial score (nSPS) is 21.0. The highest BCUT2D eigenvalue weighted by Gasteiger charge is 2.38. The Morgan fingerprint density at radius 2 is 1.71 bits per heavy atom. The zero-order valence-electron chi connectivity index (χ0n) is 21.3. The maximum Gasteiger partial charge on any atom is 0.335 e. The Morgan fingerprint density at radius 1 is 0.974 bits per heavy atom. The largest absolute Gasteiger partial charge is 0.478 e. The lowest BCUT2D eigenvalue weighted by Gasteiger charge is -2.41. The van der Waals surface area contributed by atoms with Crippen LogP contribution in [0.25, 0.3) is 0 Å². The number of carbonyl (C=O) groups excluding carboxylic acids is 1. The third kappa shape index (κ3) is 6.93. The molecule has 0 spiro atoms. The highest BCUT2D eigenvalue weighted by Crippen LogP contribution is 2.43. The van der Waals surface area contributed by atoms with Crippen LogP contribution in [0.3, 0.4) is 0 Å². The van der Waals surface area contributed by atoms with Crippen LogP contribution in [-0.4, -0.2) is 40.6 Å². The Kier molecular flexibility index (Phi) is 9.41. The van der Waals surface area contributed by atoms with E-state index in [9.17, 15) is 14.7 Å². The minimum Gasteiger partial charge on any atom is -0.478 e. The molecule has 0 saturated carbocycles. The molecule has 200 valence electrons. The average molecular weight is 537 g/mol. The molecule has 1 saturated heterocycles. The number of aromatic carboxylic acids is 1. The fourth-order valence-corrected chi connectivity index (χ4v) is 5.35. The summed E-state index contributed by atoms with van der Waals surface area (Å²) in [6.45, 7) is 4.44. The number of urea groups is 1. The number of ether oxygens (including phenoxy) is 2. The first-order valence-corrected chi connectivity index (χ1v) is 13.5. The van der Waals surface area contributed by atoms with Crippen molar-refractivity contribution in [1.29, 1.82) is 0 Å². The molecule has 2 amide bonds. The molecule has 4 atom stereocenters. The van der Waals surface area contributed by atoms with Crippen molar-refractivity contribution in [3.05, 3.63) is 95.1 Å². The number of carbonyl (C=O) groups is 2. The monoisotopic (exact) mass is 536 g/mol. The maximum atomic E-state index is 12.0. The second kappa shape index (κ2) is 12.9. The molecule has 8 nitrogen and oxygen atoms in total. The third-order valence-corrected chi connectivity index (χ3v) is 7.49. The van der Waals surface area contributed by atoms with E-state index < -0.39 is 12.3 Å². The highest BCUT2D eigenvalue weighted by atomic mass is 32.2. The van der Waals surface area contributed by atoms with Crippen LogP contribution in [0.15, 0.2) is 77.7 Å². The SMILES string of the molecule is CCNC(=O)Nc1cccc([C@@H]2O[C@H](CSc3ccc(C(=O)O)cc3)[C@H](C)[C@H](c3ccc(CO)cc3)O2)c1. The number of thioether (sulfide) groups is 1. The predicted octanol–water partition coefficient (Wildman–Crippen LogP) is 5.60. The van der Waals surface area contributed by atoms with Crippen LogP contribution in [0.2, 0.25) is 0 Å². The van der Waals surface area contributed by atoms with Gasteiger partial charge in [0.25, 0.3) is 0 Å². The number of amides is 2. The summed E-state index contributed by atoms with van der Waals surface area (Å²) in [7, 11) is 0. The molecule has 1 aliphatic rings. The molecule has 0 bridgehead atoms. The molecule has 4 N–H and O–H groups in total. The Morgan fingerprint density at radius 3 is 2.37 bits per heavy atom. The lowest BCUT2D eigenvalue weighted by Crippen LogP contribution is -2.38. The molecule has 0 aliphatic carbocycles. The number of hydrogen-bond donors (Lipinski definition) is 4. The lowest BCUT2D eigenvalue weighted by atomic mass is 9.91. The van der Waals surface area contributed by atoms with Gasteiger partial charge in [-0.2, -0.15) is 0 Å². The summed E-state index contributed by atoms with van der Waals surface area (Å²) >= 11 is 1.60. The van der Waals surface area contributed by atoms with Crippen LogP contribution in [0.1, 0.15) is 53.3 Å². The second-order valence-electron chi connectivity index (χ2n) is 9.07. The van der Waals surface area contributed by atoms with E-state index in [0.717, 1.165) is 21.6 Å². The number of carboxylic acids is 1. The summed E-state index contributed by atoms with van der Waals surface area (Å²) in [4.78, 5) is 24.2. The van der Waals surface area contributed by atoms with Gasteiger partial charge >= 0.3 is 12.0 Å². The number of anilines is 1. The molecule has 0 aromatic heterocycles. The summed E-state index contributed by atoms with van der Waals surface area (Å²) in [5, 5.41) is 24.2. The van der Waals surface area contributed by atoms with Gasteiger partial charge < -0.3 is 30.3 Å². The molecule has 3 aromatic carbocycles. The van der Waals surface area contributed by atoms with Crippen molar-refractivity contribution in [1.82, 2.24) is 5.32 Å². The van der Waals surface area contributed by atoms with Gasteiger partial charge in [0.15, 0.2) is 6.29 Å². The number of benzene rings is 3. The first kappa shape index (κ1) is 27.7.